The van der Waals surface area contributed by atoms with Crippen LogP contribution in [0.25, 0.3) is 0 Å². The summed E-state index contributed by atoms with van der Waals surface area (Å²) < 4.78 is 0. The number of benzene rings is 2. The van der Waals surface area contributed by atoms with Gasteiger partial charge in [-0.1, -0.05) is 29.8 Å². The van der Waals surface area contributed by atoms with E-state index in [1.54, 1.807) is 17.0 Å². The number of halogens is 1. The quantitative estimate of drug-likeness (QED) is 0.841. The van der Waals surface area contributed by atoms with Gasteiger partial charge in [-0.3, -0.25) is 9.59 Å². The van der Waals surface area contributed by atoms with E-state index in [1.165, 1.54) is 5.56 Å². The van der Waals surface area contributed by atoms with Crippen LogP contribution >= 0.6 is 11.6 Å². The Labute approximate surface area is 145 Å². The summed E-state index contributed by atoms with van der Waals surface area (Å²) in [6.07, 6.45) is 1.14. The molecule has 0 bridgehead atoms. The molecule has 1 fully saturated rings. The second-order valence-electron chi connectivity index (χ2n) is 6.25. The maximum atomic E-state index is 12.9. The van der Waals surface area contributed by atoms with E-state index < -0.39 is 0 Å². The van der Waals surface area contributed by atoms with Crippen molar-refractivity contribution in [2.75, 3.05) is 22.9 Å². The Morgan fingerprint density at radius 2 is 1.83 bits per heavy atom. The summed E-state index contributed by atoms with van der Waals surface area (Å²) in [4.78, 5) is 28.8. The highest BCUT2D eigenvalue weighted by Gasteiger charge is 2.38. The molecule has 1 atom stereocenters. The van der Waals surface area contributed by atoms with Gasteiger partial charge in [0, 0.05) is 35.9 Å². The number of hydrogen-bond acceptors (Lipinski definition) is 2. The molecule has 2 aromatic carbocycles. The zero-order chi connectivity index (χ0) is 16.7. The van der Waals surface area contributed by atoms with Gasteiger partial charge in [-0.25, -0.2) is 0 Å². The molecular weight excluding hydrogens is 324 g/mol. The number of para-hydroxylation sites is 1. The third kappa shape index (κ3) is 2.57. The lowest BCUT2D eigenvalue weighted by Crippen LogP contribution is -2.36. The molecule has 0 aliphatic carbocycles. The van der Waals surface area contributed by atoms with Crippen molar-refractivity contribution in [2.45, 2.75) is 12.8 Å². The number of amides is 2. The average Bonchev–Trinajstić information content (AvgIpc) is 3.19. The molecule has 2 heterocycles. The van der Waals surface area contributed by atoms with Gasteiger partial charge < -0.3 is 9.80 Å². The van der Waals surface area contributed by atoms with Crippen LogP contribution in [0.15, 0.2) is 48.5 Å². The minimum atomic E-state index is -0.292. The maximum Gasteiger partial charge on any atom is 0.232 e. The van der Waals surface area contributed by atoms with Gasteiger partial charge in [-0.05, 0) is 42.3 Å². The van der Waals surface area contributed by atoms with Crippen molar-refractivity contribution in [1.82, 2.24) is 0 Å². The van der Waals surface area contributed by atoms with Gasteiger partial charge in [0.25, 0.3) is 0 Å². The predicted octanol–water partition coefficient (Wildman–Crippen LogP) is 3.28. The molecule has 0 N–H and O–H groups in total. The van der Waals surface area contributed by atoms with E-state index in [4.69, 9.17) is 11.6 Å². The normalized spacial score (nSPS) is 19.7. The van der Waals surface area contributed by atoms with E-state index in [2.05, 4.69) is 6.07 Å². The Morgan fingerprint density at radius 1 is 1.08 bits per heavy atom. The minimum Gasteiger partial charge on any atom is -0.312 e. The van der Waals surface area contributed by atoms with Gasteiger partial charge in [-0.2, -0.15) is 0 Å². The molecule has 5 heteroatoms. The minimum absolute atomic E-state index is 0.0110. The molecule has 4 rings (SSSR count). The van der Waals surface area contributed by atoms with E-state index in [0.29, 0.717) is 18.1 Å². The van der Waals surface area contributed by atoms with Crippen molar-refractivity contribution < 1.29 is 9.59 Å². The largest absolute Gasteiger partial charge is 0.312 e. The van der Waals surface area contributed by atoms with E-state index in [-0.39, 0.29) is 24.2 Å². The third-order valence-corrected chi connectivity index (χ3v) is 5.02. The summed E-state index contributed by atoms with van der Waals surface area (Å²) >= 11 is 5.90. The fourth-order valence-electron chi connectivity index (χ4n) is 3.53. The molecule has 0 saturated carbocycles. The van der Waals surface area contributed by atoms with E-state index in [1.807, 2.05) is 35.2 Å². The summed E-state index contributed by atoms with van der Waals surface area (Å²) in [5.41, 5.74) is 2.98. The highest BCUT2D eigenvalue weighted by Crippen LogP contribution is 2.32. The zero-order valence-corrected chi connectivity index (χ0v) is 13.9. The maximum absolute atomic E-state index is 12.9. The monoisotopic (exact) mass is 340 g/mol. The van der Waals surface area contributed by atoms with Gasteiger partial charge in [-0.15, -0.1) is 0 Å². The molecule has 0 unspecified atom stereocenters. The van der Waals surface area contributed by atoms with Crippen LogP contribution in [0.2, 0.25) is 5.02 Å². The molecule has 24 heavy (non-hydrogen) atoms. The van der Waals surface area contributed by atoms with Gasteiger partial charge in [0.05, 0.1) is 5.92 Å². The first-order valence-corrected chi connectivity index (χ1v) is 8.46. The highest BCUT2D eigenvalue weighted by atomic mass is 35.5. The average molecular weight is 341 g/mol. The van der Waals surface area contributed by atoms with Crippen molar-refractivity contribution in [3.8, 4) is 0 Å². The van der Waals surface area contributed by atoms with Crippen molar-refractivity contribution in [3.05, 3.63) is 59.1 Å². The molecule has 2 amide bonds. The van der Waals surface area contributed by atoms with Gasteiger partial charge in [0.15, 0.2) is 0 Å². The number of nitrogens with zero attached hydrogens (tertiary/aromatic N) is 2. The third-order valence-electron chi connectivity index (χ3n) is 4.77. The molecule has 0 radical (unpaired) electrons. The fraction of sp³-hybridized carbons (Fsp3) is 0.263. The Bertz CT molecular complexity index is 803. The Morgan fingerprint density at radius 3 is 2.62 bits per heavy atom. The van der Waals surface area contributed by atoms with Crippen LogP contribution in [-0.2, 0) is 16.0 Å². The Kier molecular flexibility index (Phi) is 3.77. The standard InChI is InChI=1S/C19H17ClN2O2/c20-15-5-7-16(8-6-15)22-12-14(11-18(22)23)19(24)21-10-9-13-3-1-2-4-17(13)21/h1-8,14H,9-12H2/t14-/m1/s1. The van der Waals surface area contributed by atoms with Crippen molar-refractivity contribution in [2.24, 2.45) is 5.92 Å². The summed E-state index contributed by atoms with van der Waals surface area (Å²) in [7, 11) is 0. The van der Waals surface area contributed by atoms with E-state index in [0.717, 1.165) is 17.8 Å². The molecule has 2 aliphatic heterocycles. The van der Waals surface area contributed by atoms with Crippen molar-refractivity contribution >= 4 is 34.8 Å². The van der Waals surface area contributed by atoms with E-state index >= 15 is 0 Å². The first-order chi connectivity index (χ1) is 11.6. The first-order valence-electron chi connectivity index (χ1n) is 8.09. The van der Waals surface area contributed by atoms with Crippen LogP contribution in [0.3, 0.4) is 0 Å². The highest BCUT2D eigenvalue weighted by molar-refractivity contribution is 6.30. The Balaban J connectivity index is 1.53. The topological polar surface area (TPSA) is 40.6 Å². The van der Waals surface area contributed by atoms with Crippen LogP contribution in [-0.4, -0.2) is 24.9 Å². The molecular formula is C19H17ClN2O2. The van der Waals surface area contributed by atoms with Gasteiger partial charge in [0.2, 0.25) is 11.8 Å². The molecule has 2 aliphatic rings. The smallest absolute Gasteiger partial charge is 0.232 e. The van der Waals surface area contributed by atoms with Crippen molar-refractivity contribution in [1.29, 1.82) is 0 Å². The summed E-state index contributed by atoms with van der Waals surface area (Å²) in [6, 6.07) is 15.1. The number of fused-ring (bicyclic) bond motifs is 1. The number of anilines is 2. The number of rotatable bonds is 2. The lowest BCUT2D eigenvalue weighted by Gasteiger charge is -2.21. The summed E-state index contributed by atoms with van der Waals surface area (Å²) in [6.45, 7) is 1.13. The van der Waals surface area contributed by atoms with Crippen LogP contribution in [0.1, 0.15) is 12.0 Å². The van der Waals surface area contributed by atoms with Crippen LogP contribution in [0, 0.1) is 5.92 Å². The second-order valence-corrected chi connectivity index (χ2v) is 6.69. The number of carbonyl (C=O) groups excluding carboxylic acids is 2. The predicted molar refractivity (Wildman–Crippen MR) is 94.4 cm³/mol. The number of hydrogen-bond donors (Lipinski definition) is 0. The van der Waals surface area contributed by atoms with Crippen molar-refractivity contribution in [3.63, 3.8) is 0 Å². The second kappa shape index (κ2) is 5.95. The fourth-order valence-corrected chi connectivity index (χ4v) is 3.66. The summed E-state index contributed by atoms with van der Waals surface area (Å²) in [5, 5.41) is 0.631. The first kappa shape index (κ1) is 15.2. The van der Waals surface area contributed by atoms with Crippen LogP contribution < -0.4 is 9.80 Å². The van der Waals surface area contributed by atoms with Crippen LogP contribution in [0.4, 0.5) is 11.4 Å². The number of carbonyl (C=O) groups is 2. The molecule has 4 nitrogen and oxygen atoms in total. The summed E-state index contributed by atoms with van der Waals surface area (Å²) in [5.74, 6) is -0.257. The molecule has 122 valence electrons. The SMILES string of the molecule is O=C1C[C@@H](C(=O)N2CCc3ccccc32)CN1c1ccc(Cl)cc1. The van der Waals surface area contributed by atoms with Gasteiger partial charge in [0.1, 0.15) is 0 Å². The van der Waals surface area contributed by atoms with Crippen LogP contribution in [0.5, 0.6) is 0 Å². The lowest BCUT2D eigenvalue weighted by molar-refractivity contribution is -0.124. The Hall–Kier alpha value is -2.33. The lowest BCUT2D eigenvalue weighted by atomic mass is 10.1. The zero-order valence-electron chi connectivity index (χ0n) is 13.1. The van der Waals surface area contributed by atoms with Gasteiger partial charge >= 0.3 is 0 Å². The molecule has 2 aromatic rings. The van der Waals surface area contributed by atoms with E-state index in [9.17, 15) is 9.59 Å². The molecule has 1 saturated heterocycles. The molecule has 0 aromatic heterocycles. The molecule has 0 spiro atoms.